The summed E-state index contributed by atoms with van der Waals surface area (Å²) in [5.41, 5.74) is -9.21. The molecule has 1 rings (SSSR count). The molecule has 0 bridgehead atoms. The van der Waals surface area contributed by atoms with Crippen LogP contribution in [0.4, 0.5) is 26.3 Å². The van der Waals surface area contributed by atoms with Gasteiger partial charge >= 0.3 is 11.0 Å². The third-order valence-corrected chi connectivity index (χ3v) is 4.60. The maximum atomic E-state index is 12.4. The Balaban J connectivity index is 3.22. The number of benzene rings is 1. The molecule has 0 aliphatic carbocycles. The second kappa shape index (κ2) is 6.82. The molecule has 0 saturated carbocycles. The lowest BCUT2D eigenvalue weighted by atomic mass is 10.1. The summed E-state index contributed by atoms with van der Waals surface area (Å²) in [5, 5.41) is 0. The molecule has 21 heavy (non-hydrogen) atoms. The van der Waals surface area contributed by atoms with E-state index in [0.29, 0.717) is 0 Å². The summed E-state index contributed by atoms with van der Waals surface area (Å²) in [5.74, 6) is -0.424. The van der Waals surface area contributed by atoms with E-state index in [4.69, 9.17) is 0 Å². The van der Waals surface area contributed by atoms with Gasteiger partial charge in [-0.1, -0.05) is 15.9 Å². The summed E-state index contributed by atoms with van der Waals surface area (Å²) < 4.78 is 74.1. The lowest BCUT2D eigenvalue weighted by Gasteiger charge is -2.14. The van der Waals surface area contributed by atoms with Crippen molar-refractivity contribution >= 4 is 45.2 Å². The monoisotopic (exact) mass is 412 g/mol. The molecule has 0 radical (unpaired) electrons. The van der Waals surface area contributed by atoms with Crippen molar-refractivity contribution in [3.63, 3.8) is 0 Å². The number of hydrogen-bond donors (Lipinski definition) is 0. The average Bonchev–Trinajstić information content (AvgIpc) is 2.22. The molecule has 0 N–H and O–H groups in total. The zero-order valence-corrected chi connectivity index (χ0v) is 13.4. The van der Waals surface area contributed by atoms with Gasteiger partial charge in [0.05, 0.1) is 4.83 Å². The zero-order valence-electron chi connectivity index (χ0n) is 10.2. The molecular weight excluding hydrogens is 406 g/mol. The minimum absolute atomic E-state index is 0.0449. The van der Waals surface area contributed by atoms with Crippen LogP contribution in [0, 0.1) is 0 Å². The van der Waals surface area contributed by atoms with Crippen LogP contribution in [0.15, 0.2) is 28.0 Å². The molecular formula is C11H7BrF6OS2. The molecule has 1 aromatic carbocycles. The fourth-order valence-electron chi connectivity index (χ4n) is 1.36. The van der Waals surface area contributed by atoms with Gasteiger partial charge in [0.15, 0.2) is 0 Å². The summed E-state index contributed by atoms with van der Waals surface area (Å²) >= 11 is 1.89. The summed E-state index contributed by atoms with van der Waals surface area (Å²) in [6, 6.07) is 2.87. The third kappa shape index (κ3) is 6.96. The van der Waals surface area contributed by atoms with Gasteiger partial charge in [0, 0.05) is 9.79 Å². The van der Waals surface area contributed by atoms with E-state index < -0.39 is 54.9 Å². The molecule has 1 nitrogen and oxygen atoms in total. The number of alkyl halides is 7. The van der Waals surface area contributed by atoms with Gasteiger partial charge in [0.25, 0.3) is 0 Å². The lowest BCUT2D eigenvalue weighted by molar-refractivity contribution is -0.116. The second-order valence-corrected chi connectivity index (χ2v) is 7.00. The Kier molecular flexibility index (Phi) is 6.08. The first-order chi connectivity index (χ1) is 9.37. The van der Waals surface area contributed by atoms with Gasteiger partial charge < -0.3 is 0 Å². The minimum atomic E-state index is -4.63. The molecule has 0 spiro atoms. The van der Waals surface area contributed by atoms with Gasteiger partial charge in [-0.25, -0.2) is 0 Å². The third-order valence-electron chi connectivity index (χ3n) is 2.02. The number of rotatable bonds is 4. The van der Waals surface area contributed by atoms with Crippen molar-refractivity contribution in [3.8, 4) is 0 Å². The fourth-order valence-corrected chi connectivity index (χ4v) is 3.00. The highest BCUT2D eigenvalue weighted by Gasteiger charge is 2.32. The molecule has 1 unspecified atom stereocenters. The van der Waals surface area contributed by atoms with Crippen LogP contribution in [0.25, 0.3) is 0 Å². The molecule has 0 aliphatic heterocycles. The SMILES string of the molecule is CC(=O)C(Br)c1cc(SC(F)(F)F)cc(SC(F)(F)F)c1. The highest BCUT2D eigenvalue weighted by Crippen LogP contribution is 2.43. The van der Waals surface area contributed by atoms with Crippen LogP contribution in [-0.2, 0) is 4.79 Å². The van der Waals surface area contributed by atoms with Crippen molar-refractivity contribution in [1.82, 2.24) is 0 Å². The Morgan fingerprint density at radius 1 is 1.00 bits per heavy atom. The van der Waals surface area contributed by atoms with E-state index >= 15 is 0 Å². The number of halogens is 7. The van der Waals surface area contributed by atoms with Crippen molar-refractivity contribution < 1.29 is 31.1 Å². The van der Waals surface area contributed by atoms with Crippen molar-refractivity contribution in [1.29, 1.82) is 0 Å². The predicted octanol–water partition coefficient (Wildman–Crippen LogP) is 5.94. The van der Waals surface area contributed by atoms with E-state index in [1.165, 1.54) is 6.92 Å². The van der Waals surface area contributed by atoms with Gasteiger partial charge in [-0.15, -0.1) is 0 Å². The highest BCUT2D eigenvalue weighted by atomic mass is 79.9. The van der Waals surface area contributed by atoms with E-state index in [-0.39, 0.29) is 5.56 Å². The Labute approximate surface area is 133 Å². The summed E-state index contributed by atoms with van der Waals surface area (Å²) in [6.45, 7) is 1.18. The molecule has 118 valence electrons. The summed E-state index contributed by atoms with van der Waals surface area (Å²) in [7, 11) is 0. The maximum Gasteiger partial charge on any atom is 0.446 e. The standard InChI is InChI=1S/C11H7BrF6OS2/c1-5(19)9(12)6-2-7(20-10(13,14)15)4-8(3-6)21-11(16,17)18/h2-4,9H,1H3. The van der Waals surface area contributed by atoms with Crippen molar-refractivity contribution in [2.24, 2.45) is 0 Å². The van der Waals surface area contributed by atoms with Crippen LogP contribution in [0.5, 0.6) is 0 Å². The number of hydrogen-bond acceptors (Lipinski definition) is 3. The molecule has 0 amide bonds. The first-order valence-corrected chi connectivity index (χ1v) is 7.73. The molecule has 0 saturated heterocycles. The molecule has 0 fully saturated rings. The molecule has 0 heterocycles. The largest absolute Gasteiger partial charge is 0.446 e. The fraction of sp³-hybridized carbons (Fsp3) is 0.364. The van der Waals surface area contributed by atoms with Gasteiger partial charge in [0.2, 0.25) is 0 Å². The van der Waals surface area contributed by atoms with E-state index in [0.717, 1.165) is 18.2 Å². The van der Waals surface area contributed by atoms with E-state index in [1.807, 2.05) is 0 Å². The Hall–Kier alpha value is -0.350. The minimum Gasteiger partial charge on any atom is -0.298 e. The van der Waals surface area contributed by atoms with Gasteiger partial charge in [-0.05, 0) is 54.2 Å². The van der Waals surface area contributed by atoms with Crippen LogP contribution in [0.1, 0.15) is 17.3 Å². The second-order valence-electron chi connectivity index (χ2n) is 3.81. The van der Waals surface area contributed by atoms with Crippen LogP contribution < -0.4 is 0 Å². The maximum absolute atomic E-state index is 12.4. The first-order valence-electron chi connectivity index (χ1n) is 5.18. The predicted molar refractivity (Wildman–Crippen MR) is 72.6 cm³/mol. The van der Waals surface area contributed by atoms with Gasteiger partial charge in [0.1, 0.15) is 5.78 Å². The normalized spacial score (nSPS) is 14.1. The number of carbonyl (C=O) groups excluding carboxylic acids is 1. The molecule has 10 heteroatoms. The molecule has 0 aromatic heterocycles. The van der Waals surface area contributed by atoms with Crippen LogP contribution in [-0.4, -0.2) is 16.8 Å². The van der Waals surface area contributed by atoms with Gasteiger partial charge in [-0.2, -0.15) is 26.3 Å². The van der Waals surface area contributed by atoms with Crippen LogP contribution in [0.3, 0.4) is 0 Å². The summed E-state index contributed by atoms with van der Waals surface area (Å²) in [4.78, 5) is 9.46. The number of Topliss-reactive ketones (excluding diaryl/α,β-unsaturated/α-hetero) is 1. The Morgan fingerprint density at radius 2 is 1.38 bits per heavy atom. The van der Waals surface area contributed by atoms with Crippen LogP contribution >= 0.6 is 39.5 Å². The first kappa shape index (κ1) is 18.7. The van der Waals surface area contributed by atoms with Crippen molar-refractivity contribution in [2.45, 2.75) is 32.6 Å². The van der Waals surface area contributed by atoms with E-state index in [2.05, 4.69) is 15.9 Å². The van der Waals surface area contributed by atoms with Gasteiger partial charge in [-0.3, -0.25) is 4.79 Å². The molecule has 1 atom stereocenters. The van der Waals surface area contributed by atoms with Crippen molar-refractivity contribution in [2.75, 3.05) is 0 Å². The Morgan fingerprint density at radius 3 is 1.67 bits per heavy atom. The average molecular weight is 413 g/mol. The Bertz CT molecular complexity index is 494. The van der Waals surface area contributed by atoms with E-state index in [9.17, 15) is 31.1 Å². The number of ketones is 1. The number of thioether (sulfide) groups is 2. The topological polar surface area (TPSA) is 17.1 Å². The zero-order chi connectivity index (χ0) is 16.4. The smallest absolute Gasteiger partial charge is 0.298 e. The molecule has 0 aliphatic rings. The molecule has 1 aromatic rings. The quantitative estimate of drug-likeness (QED) is 0.346. The highest BCUT2D eigenvalue weighted by molar-refractivity contribution is 9.09. The number of carbonyl (C=O) groups is 1. The van der Waals surface area contributed by atoms with E-state index in [1.54, 1.807) is 0 Å². The van der Waals surface area contributed by atoms with Crippen LogP contribution in [0.2, 0.25) is 0 Å². The lowest BCUT2D eigenvalue weighted by Crippen LogP contribution is -2.05. The van der Waals surface area contributed by atoms with Crippen molar-refractivity contribution in [3.05, 3.63) is 23.8 Å². The summed E-state index contributed by atoms with van der Waals surface area (Å²) in [6.07, 6.45) is 0.